The number of nitrogens with one attached hydrogen (secondary N) is 3. The molecule has 3 rings (SSSR count). The molecule has 6 nitrogen and oxygen atoms in total. The molecule has 22 heavy (non-hydrogen) atoms. The van der Waals surface area contributed by atoms with Gasteiger partial charge in [0, 0.05) is 12.6 Å². The van der Waals surface area contributed by atoms with E-state index in [0.29, 0.717) is 13.1 Å². The average Bonchev–Trinajstić information content (AvgIpc) is 3.25. The van der Waals surface area contributed by atoms with Crippen molar-refractivity contribution in [2.75, 3.05) is 6.54 Å². The van der Waals surface area contributed by atoms with Gasteiger partial charge in [-0.1, -0.05) is 6.07 Å². The van der Waals surface area contributed by atoms with Gasteiger partial charge in [0.15, 0.2) is 0 Å². The van der Waals surface area contributed by atoms with Crippen LogP contribution in [0.1, 0.15) is 31.2 Å². The molecule has 1 aromatic heterocycles. The molecule has 0 saturated heterocycles. The number of sulfonamides is 1. The summed E-state index contributed by atoms with van der Waals surface area (Å²) in [4.78, 5) is 7.80. The van der Waals surface area contributed by atoms with Crippen LogP contribution in [0.2, 0.25) is 0 Å². The van der Waals surface area contributed by atoms with E-state index in [2.05, 4.69) is 26.1 Å². The second kappa shape index (κ2) is 5.98. The molecule has 1 aliphatic carbocycles. The maximum atomic E-state index is 11.8. The van der Waals surface area contributed by atoms with Crippen LogP contribution in [0.4, 0.5) is 0 Å². The average molecular weight is 322 g/mol. The summed E-state index contributed by atoms with van der Waals surface area (Å²) in [6.07, 6.45) is 1.57. The molecule has 1 saturated carbocycles. The first-order chi connectivity index (χ1) is 10.4. The molecule has 0 aliphatic heterocycles. The Morgan fingerprint density at radius 2 is 2.18 bits per heavy atom. The summed E-state index contributed by atoms with van der Waals surface area (Å²) in [7, 11) is -3.10. The fourth-order valence-corrected chi connectivity index (χ4v) is 3.82. The van der Waals surface area contributed by atoms with E-state index >= 15 is 0 Å². The van der Waals surface area contributed by atoms with E-state index in [1.807, 2.05) is 26.0 Å². The molecule has 1 fully saturated rings. The number of rotatable bonds is 7. The van der Waals surface area contributed by atoms with Crippen molar-refractivity contribution in [3.05, 3.63) is 29.6 Å². The third-order valence-corrected chi connectivity index (χ3v) is 5.78. The predicted molar refractivity (Wildman–Crippen MR) is 87.1 cm³/mol. The highest BCUT2D eigenvalue weighted by Gasteiger charge is 2.35. The lowest BCUT2D eigenvalue weighted by molar-refractivity contribution is 0.518. The zero-order chi connectivity index (χ0) is 15.7. The van der Waals surface area contributed by atoms with E-state index in [0.717, 1.165) is 29.7 Å². The van der Waals surface area contributed by atoms with Crippen LogP contribution in [0.3, 0.4) is 0 Å². The van der Waals surface area contributed by atoms with Gasteiger partial charge in [-0.15, -0.1) is 0 Å². The molecule has 0 radical (unpaired) electrons. The minimum atomic E-state index is -3.10. The van der Waals surface area contributed by atoms with Crippen molar-refractivity contribution in [3.63, 3.8) is 0 Å². The van der Waals surface area contributed by atoms with E-state index in [1.54, 1.807) is 0 Å². The topological polar surface area (TPSA) is 86.9 Å². The summed E-state index contributed by atoms with van der Waals surface area (Å²) in [6, 6.07) is 6.15. The molecule has 7 heteroatoms. The zero-order valence-corrected chi connectivity index (χ0v) is 13.7. The molecular weight excluding hydrogens is 300 g/mol. The number of H-pyrrole nitrogens is 1. The van der Waals surface area contributed by atoms with E-state index in [4.69, 9.17) is 0 Å². The molecule has 120 valence electrons. The van der Waals surface area contributed by atoms with E-state index in [-0.39, 0.29) is 11.3 Å². The van der Waals surface area contributed by atoms with Gasteiger partial charge in [0.2, 0.25) is 10.0 Å². The van der Waals surface area contributed by atoms with Crippen LogP contribution < -0.4 is 10.0 Å². The Balaban J connectivity index is 1.52. The van der Waals surface area contributed by atoms with Crippen LogP contribution in [0.15, 0.2) is 18.2 Å². The van der Waals surface area contributed by atoms with Gasteiger partial charge in [-0.3, -0.25) is 0 Å². The van der Waals surface area contributed by atoms with Gasteiger partial charge in [0.05, 0.1) is 22.8 Å². The highest BCUT2D eigenvalue weighted by molar-refractivity contribution is 7.90. The van der Waals surface area contributed by atoms with E-state index in [9.17, 15) is 8.42 Å². The second-order valence-corrected chi connectivity index (χ2v) is 8.12. The molecule has 1 atom stereocenters. The molecule has 2 aromatic rings. The number of aromatic amines is 1. The number of hydrogen-bond donors (Lipinski definition) is 3. The van der Waals surface area contributed by atoms with E-state index < -0.39 is 10.0 Å². The third-order valence-electron chi connectivity index (χ3n) is 3.86. The predicted octanol–water partition coefficient (Wildman–Crippen LogP) is 1.43. The van der Waals surface area contributed by atoms with Crippen LogP contribution in [0.5, 0.6) is 0 Å². The van der Waals surface area contributed by atoms with Crippen LogP contribution in [0.25, 0.3) is 11.0 Å². The first kappa shape index (κ1) is 15.5. The molecule has 0 spiro atoms. The van der Waals surface area contributed by atoms with Gasteiger partial charge in [0.1, 0.15) is 5.82 Å². The summed E-state index contributed by atoms with van der Waals surface area (Å²) in [6.45, 7) is 4.99. The van der Waals surface area contributed by atoms with Crippen molar-refractivity contribution in [3.8, 4) is 0 Å². The molecule has 1 unspecified atom stereocenters. The van der Waals surface area contributed by atoms with Gasteiger partial charge in [-0.2, -0.15) is 0 Å². The van der Waals surface area contributed by atoms with Crippen LogP contribution in [-0.2, 0) is 16.6 Å². The van der Waals surface area contributed by atoms with Gasteiger partial charge in [0.25, 0.3) is 0 Å². The van der Waals surface area contributed by atoms with Gasteiger partial charge >= 0.3 is 0 Å². The van der Waals surface area contributed by atoms with Crippen LogP contribution in [0, 0.1) is 6.92 Å². The lowest BCUT2D eigenvalue weighted by Gasteiger charge is -2.13. The Morgan fingerprint density at radius 1 is 1.41 bits per heavy atom. The Hall–Kier alpha value is -1.44. The lowest BCUT2D eigenvalue weighted by Crippen LogP contribution is -2.39. The van der Waals surface area contributed by atoms with Gasteiger partial charge < -0.3 is 10.3 Å². The SMILES string of the molecule is Cc1ccc2nc(CNC(C)CNS(=O)(=O)C3CC3)[nH]c2c1. The molecule has 1 aromatic carbocycles. The summed E-state index contributed by atoms with van der Waals surface area (Å²) in [5.41, 5.74) is 3.17. The monoisotopic (exact) mass is 322 g/mol. The second-order valence-electron chi connectivity index (χ2n) is 6.08. The van der Waals surface area contributed by atoms with Crippen molar-refractivity contribution >= 4 is 21.1 Å². The molecule has 3 N–H and O–H groups in total. The van der Waals surface area contributed by atoms with Gasteiger partial charge in [-0.05, 0) is 44.4 Å². The van der Waals surface area contributed by atoms with E-state index in [1.165, 1.54) is 5.56 Å². The molecule has 0 amide bonds. The first-order valence-electron chi connectivity index (χ1n) is 7.61. The Bertz CT molecular complexity index is 765. The van der Waals surface area contributed by atoms with Gasteiger partial charge in [-0.25, -0.2) is 18.1 Å². The van der Waals surface area contributed by atoms with Crippen molar-refractivity contribution in [1.29, 1.82) is 0 Å². The lowest BCUT2D eigenvalue weighted by atomic mass is 10.2. The third kappa shape index (κ3) is 3.66. The van der Waals surface area contributed by atoms with Crippen molar-refractivity contribution in [2.45, 2.75) is 44.5 Å². The van der Waals surface area contributed by atoms with Crippen LogP contribution in [-0.4, -0.2) is 36.2 Å². The largest absolute Gasteiger partial charge is 0.341 e. The molecule has 1 aliphatic rings. The standard InChI is InChI=1S/C15H22N4O2S/c1-10-3-6-13-14(7-10)19-15(18-13)9-16-11(2)8-17-22(20,21)12-4-5-12/h3,6-7,11-12,16-17H,4-5,8-9H2,1-2H3,(H,18,19). The summed E-state index contributed by atoms with van der Waals surface area (Å²) in [5.74, 6) is 0.859. The normalized spacial score (nSPS) is 17.0. The number of aromatic nitrogens is 2. The number of fused-ring (bicyclic) bond motifs is 1. The van der Waals surface area contributed by atoms with Crippen molar-refractivity contribution in [2.24, 2.45) is 0 Å². The van der Waals surface area contributed by atoms with Crippen molar-refractivity contribution < 1.29 is 8.42 Å². The summed E-state index contributed by atoms with van der Waals surface area (Å²) < 4.78 is 26.2. The maximum Gasteiger partial charge on any atom is 0.214 e. The number of hydrogen-bond acceptors (Lipinski definition) is 4. The molecular formula is C15H22N4O2S. The number of aryl methyl sites for hydroxylation is 1. The fraction of sp³-hybridized carbons (Fsp3) is 0.533. The maximum absolute atomic E-state index is 11.8. The summed E-state index contributed by atoms with van der Waals surface area (Å²) in [5, 5.41) is 3.12. The first-order valence-corrected chi connectivity index (χ1v) is 9.16. The highest BCUT2D eigenvalue weighted by Crippen LogP contribution is 2.27. The summed E-state index contributed by atoms with van der Waals surface area (Å²) >= 11 is 0. The number of nitrogens with zero attached hydrogens (tertiary/aromatic N) is 1. The zero-order valence-electron chi connectivity index (χ0n) is 12.9. The number of imidazole rings is 1. The van der Waals surface area contributed by atoms with Crippen molar-refractivity contribution in [1.82, 2.24) is 20.0 Å². The minimum Gasteiger partial charge on any atom is -0.341 e. The highest BCUT2D eigenvalue weighted by atomic mass is 32.2. The molecule has 0 bridgehead atoms. The Labute approximate surface area is 130 Å². The quantitative estimate of drug-likeness (QED) is 0.720. The van der Waals surface area contributed by atoms with Crippen LogP contribution >= 0.6 is 0 Å². The molecule has 1 heterocycles. The number of benzene rings is 1. The Morgan fingerprint density at radius 3 is 2.91 bits per heavy atom. The fourth-order valence-electron chi connectivity index (χ4n) is 2.34. The Kier molecular flexibility index (Phi) is 4.20. The smallest absolute Gasteiger partial charge is 0.214 e. The minimum absolute atomic E-state index is 0.0449.